The van der Waals surface area contributed by atoms with E-state index in [-0.39, 0.29) is 17.9 Å². The fourth-order valence-corrected chi connectivity index (χ4v) is 4.09. The van der Waals surface area contributed by atoms with Gasteiger partial charge in [0.05, 0.1) is 5.75 Å². The van der Waals surface area contributed by atoms with Crippen molar-refractivity contribution in [2.45, 2.75) is 50.5 Å². The second kappa shape index (κ2) is 9.82. The first-order chi connectivity index (χ1) is 12.0. The highest BCUT2D eigenvalue weighted by Gasteiger charge is 2.26. The molecule has 1 aromatic carbocycles. The van der Waals surface area contributed by atoms with E-state index >= 15 is 0 Å². The molecule has 1 aliphatic rings. The van der Waals surface area contributed by atoms with Gasteiger partial charge in [0.2, 0.25) is 11.8 Å². The molecule has 0 saturated carbocycles. The van der Waals surface area contributed by atoms with Gasteiger partial charge in [0.15, 0.2) is 0 Å². The van der Waals surface area contributed by atoms with E-state index in [1.165, 1.54) is 11.1 Å². The molecule has 6 heteroatoms. The van der Waals surface area contributed by atoms with Gasteiger partial charge in [-0.05, 0) is 44.7 Å². The number of thioether (sulfide) groups is 1. The number of hydrogen-bond acceptors (Lipinski definition) is 4. The van der Waals surface area contributed by atoms with Gasteiger partial charge in [0.25, 0.3) is 0 Å². The minimum atomic E-state index is -0.0368. The minimum absolute atomic E-state index is 0.0368. The molecule has 138 valence electrons. The Morgan fingerprint density at radius 3 is 2.88 bits per heavy atom. The second-order valence-electron chi connectivity index (χ2n) is 6.64. The summed E-state index contributed by atoms with van der Waals surface area (Å²) < 4.78 is 0. The van der Waals surface area contributed by atoms with Gasteiger partial charge in [-0.15, -0.1) is 11.8 Å². The van der Waals surface area contributed by atoms with Crippen LogP contribution in [-0.2, 0) is 9.59 Å². The minimum Gasteiger partial charge on any atom is -0.354 e. The summed E-state index contributed by atoms with van der Waals surface area (Å²) in [5, 5.41) is 2.91. The smallest absolute Gasteiger partial charge is 0.233 e. The predicted molar refractivity (Wildman–Crippen MR) is 103 cm³/mol. The summed E-state index contributed by atoms with van der Waals surface area (Å²) in [4.78, 5) is 27.5. The lowest BCUT2D eigenvalue weighted by Crippen LogP contribution is -2.50. The number of nitrogens with two attached hydrogens (primary N) is 1. The first-order valence-electron chi connectivity index (χ1n) is 8.97. The molecule has 0 aromatic heterocycles. The monoisotopic (exact) mass is 363 g/mol. The lowest BCUT2D eigenvalue weighted by Gasteiger charge is -2.36. The zero-order chi connectivity index (χ0) is 18.2. The van der Waals surface area contributed by atoms with Crippen molar-refractivity contribution in [3.05, 3.63) is 29.3 Å². The van der Waals surface area contributed by atoms with Crippen LogP contribution in [0.4, 0.5) is 0 Å². The number of rotatable bonds is 7. The Morgan fingerprint density at radius 2 is 2.12 bits per heavy atom. The van der Waals surface area contributed by atoms with Crippen LogP contribution >= 0.6 is 11.8 Å². The molecule has 2 rings (SSSR count). The number of likely N-dealkylation sites (tertiary alicyclic amines) is 1. The van der Waals surface area contributed by atoms with Crippen molar-refractivity contribution in [3.63, 3.8) is 0 Å². The van der Waals surface area contributed by atoms with Crippen molar-refractivity contribution in [2.75, 3.05) is 25.4 Å². The molecule has 1 aromatic rings. The highest BCUT2D eigenvalue weighted by Crippen LogP contribution is 2.25. The highest BCUT2D eigenvalue weighted by molar-refractivity contribution is 8.00. The van der Waals surface area contributed by atoms with Crippen LogP contribution in [0, 0.1) is 13.8 Å². The van der Waals surface area contributed by atoms with E-state index in [0.717, 1.165) is 30.7 Å². The fraction of sp³-hybridized carbons (Fsp3) is 0.579. The van der Waals surface area contributed by atoms with Crippen LogP contribution in [0.3, 0.4) is 0 Å². The molecule has 2 amide bonds. The van der Waals surface area contributed by atoms with Gasteiger partial charge in [0.1, 0.15) is 0 Å². The number of nitrogens with zero attached hydrogens (tertiary/aromatic N) is 1. The number of aryl methyl sites for hydroxylation is 2. The molecule has 0 aliphatic carbocycles. The summed E-state index contributed by atoms with van der Waals surface area (Å²) in [7, 11) is 0. The average molecular weight is 364 g/mol. The van der Waals surface area contributed by atoms with Gasteiger partial charge in [-0.25, -0.2) is 0 Å². The maximum Gasteiger partial charge on any atom is 0.233 e. The summed E-state index contributed by atoms with van der Waals surface area (Å²) in [5.41, 5.74) is 7.81. The normalized spacial score (nSPS) is 17.4. The number of piperidine rings is 1. The number of benzene rings is 1. The number of carbonyl (C=O) groups excluding carboxylic acids is 2. The Morgan fingerprint density at radius 1 is 1.32 bits per heavy atom. The average Bonchev–Trinajstić information content (AvgIpc) is 2.61. The molecule has 1 unspecified atom stereocenters. The molecule has 3 N–H and O–H groups in total. The molecule has 1 fully saturated rings. The quantitative estimate of drug-likeness (QED) is 0.729. The molecule has 1 heterocycles. The van der Waals surface area contributed by atoms with E-state index < -0.39 is 0 Å². The number of carbonyl (C=O) groups is 2. The van der Waals surface area contributed by atoms with Gasteiger partial charge in [-0.2, -0.15) is 0 Å². The maximum absolute atomic E-state index is 12.7. The molecular weight excluding hydrogens is 334 g/mol. The largest absolute Gasteiger partial charge is 0.354 e. The Labute approximate surface area is 154 Å². The number of nitrogens with one attached hydrogen (secondary N) is 1. The molecule has 0 spiro atoms. The first kappa shape index (κ1) is 19.8. The third kappa shape index (κ3) is 6.04. The van der Waals surface area contributed by atoms with Crippen molar-refractivity contribution in [1.82, 2.24) is 10.2 Å². The van der Waals surface area contributed by atoms with E-state index in [4.69, 9.17) is 5.73 Å². The Hall–Kier alpha value is -1.53. The second-order valence-corrected chi connectivity index (χ2v) is 7.65. The van der Waals surface area contributed by atoms with E-state index in [1.807, 2.05) is 4.90 Å². The van der Waals surface area contributed by atoms with E-state index in [0.29, 0.717) is 25.3 Å². The van der Waals surface area contributed by atoms with Crippen molar-refractivity contribution < 1.29 is 9.59 Å². The van der Waals surface area contributed by atoms with Crippen molar-refractivity contribution in [3.8, 4) is 0 Å². The molecule has 5 nitrogen and oxygen atoms in total. The van der Waals surface area contributed by atoms with Crippen LogP contribution in [0.25, 0.3) is 0 Å². The van der Waals surface area contributed by atoms with Crippen LogP contribution in [-0.4, -0.2) is 48.1 Å². The Kier molecular flexibility index (Phi) is 7.78. The number of amides is 2. The number of hydrogen-bond donors (Lipinski definition) is 2. The fourth-order valence-electron chi connectivity index (χ4n) is 3.08. The molecule has 25 heavy (non-hydrogen) atoms. The van der Waals surface area contributed by atoms with E-state index in [2.05, 4.69) is 37.4 Å². The van der Waals surface area contributed by atoms with Gasteiger partial charge in [-0.3, -0.25) is 9.59 Å². The Bertz CT molecular complexity index is 606. The van der Waals surface area contributed by atoms with Crippen molar-refractivity contribution >= 4 is 23.6 Å². The van der Waals surface area contributed by atoms with Crippen LogP contribution in [0.1, 0.15) is 36.8 Å². The predicted octanol–water partition coefficient (Wildman–Crippen LogP) is 2.24. The third-order valence-corrected chi connectivity index (χ3v) is 5.69. The summed E-state index contributed by atoms with van der Waals surface area (Å²) >= 11 is 1.60. The van der Waals surface area contributed by atoms with Crippen molar-refractivity contribution in [1.29, 1.82) is 0 Å². The first-order valence-corrected chi connectivity index (χ1v) is 9.96. The van der Waals surface area contributed by atoms with Gasteiger partial charge in [0, 0.05) is 37.0 Å². The summed E-state index contributed by atoms with van der Waals surface area (Å²) in [6, 6.07) is 6.42. The van der Waals surface area contributed by atoms with Crippen LogP contribution in [0.2, 0.25) is 0 Å². The van der Waals surface area contributed by atoms with Gasteiger partial charge < -0.3 is 16.0 Å². The SMILES string of the molecule is Cc1ccc(C)c(SCC(=O)N2CCCCC2CNC(=O)CCN)c1. The third-order valence-electron chi connectivity index (χ3n) is 4.55. The van der Waals surface area contributed by atoms with Crippen LogP contribution in [0.5, 0.6) is 0 Å². The van der Waals surface area contributed by atoms with E-state index in [1.54, 1.807) is 11.8 Å². The standard InChI is InChI=1S/C19H29N3O2S/c1-14-6-7-15(2)17(11-14)25-13-19(24)22-10-4-3-5-16(22)12-21-18(23)8-9-20/h6-7,11,16H,3-5,8-10,12-13,20H2,1-2H3,(H,21,23). The van der Waals surface area contributed by atoms with Crippen LogP contribution < -0.4 is 11.1 Å². The lowest BCUT2D eigenvalue weighted by molar-refractivity contribution is -0.132. The topological polar surface area (TPSA) is 75.4 Å². The zero-order valence-corrected chi connectivity index (χ0v) is 16.0. The maximum atomic E-state index is 12.7. The highest BCUT2D eigenvalue weighted by atomic mass is 32.2. The lowest BCUT2D eigenvalue weighted by atomic mass is 10.0. The summed E-state index contributed by atoms with van der Waals surface area (Å²) in [6.45, 7) is 5.80. The molecular formula is C19H29N3O2S. The van der Waals surface area contributed by atoms with E-state index in [9.17, 15) is 9.59 Å². The summed E-state index contributed by atoms with van der Waals surface area (Å²) in [6.07, 6.45) is 3.42. The molecule has 0 bridgehead atoms. The van der Waals surface area contributed by atoms with Crippen LogP contribution in [0.15, 0.2) is 23.1 Å². The molecule has 1 aliphatic heterocycles. The zero-order valence-electron chi connectivity index (χ0n) is 15.2. The molecule has 0 radical (unpaired) electrons. The summed E-state index contributed by atoms with van der Waals surface area (Å²) in [5.74, 6) is 0.561. The van der Waals surface area contributed by atoms with Crippen molar-refractivity contribution in [2.24, 2.45) is 5.73 Å². The molecule has 1 saturated heterocycles. The Balaban J connectivity index is 1.91. The molecule has 1 atom stereocenters. The van der Waals surface area contributed by atoms with Gasteiger partial charge >= 0.3 is 0 Å². The van der Waals surface area contributed by atoms with Gasteiger partial charge in [-0.1, -0.05) is 17.7 Å².